The van der Waals surface area contributed by atoms with Crippen molar-refractivity contribution in [3.63, 3.8) is 0 Å². The van der Waals surface area contributed by atoms with Gasteiger partial charge in [0.25, 0.3) is 0 Å². The topological polar surface area (TPSA) is 154 Å². The quantitative estimate of drug-likeness (QED) is 0.0444. The molecular formula is C78H110N12O6Si. The van der Waals surface area contributed by atoms with Gasteiger partial charge in [-0.1, -0.05) is 130 Å². The van der Waals surface area contributed by atoms with Gasteiger partial charge >= 0.3 is 0 Å². The molecule has 19 heteroatoms. The lowest BCUT2D eigenvalue weighted by molar-refractivity contribution is -0.136. The number of piperazine rings is 4. The molecule has 10 rings (SSSR count). The van der Waals surface area contributed by atoms with E-state index >= 15 is 0 Å². The third-order valence-corrected chi connectivity index (χ3v) is 24.9. The molecule has 0 spiro atoms. The molecule has 522 valence electrons. The van der Waals surface area contributed by atoms with Crippen LogP contribution in [0.25, 0.3) is 0 Å². The molecule has 6 aromatic rings. The highest BCUT2D eigenvalue weighted by Crippen LogP contribution is 2.36. The molecule has 4 amide bonds. The molecule has 97 heavy (non-hydrogen) atoms. The highest BCUT2D eigenvalue weighted by molar-refractivity contribution is 6.74. The Labute approximate surface area is 580 Å². The van der Waals surface area contributed by atoms with Gasteiger partial charge in [-0.25, -0.2) is 0 Å². The molecule has 0 saturated carbocycles. The van der Waals surface area contributed by atoms with Crippen LogP contribution in [0.5, 0.6) is 0 Å². The number of amides is 4. The van der Waals surface area contributed by atoms with Crippen LogP contribution < -0.4 is 30.2 Å². The first kappa shape index (κ1) is 73.6. The van der Waals surface area contributed by atoms with E-state index < -0.39 is 8.32 Å². The Kier molecular flexibility index (Phi) is 27.1. The van der Waals surface area contributed by atoms with E-state index in [2.05, 4.69) is 197 Å². The standard InChI is InChI=1S/C42H62N6O3Si.C36H48N6O3/c1-34(49)46-25-27-47(28-26-46)39-19-13-36(14-20-39)32-43-40(31-35-11-9-8-10-12-35)41(50)48-23-21-45(22-24-48)33-37-15-17-38(18-16-37)44(5)29-30-51-52(6,7)42(2,3)4;1-29(44)40-20-22-41(23-21-40)34-14-8-31(9-15-34)27-37-35(26-30-6-4-3-5-7-30)36(45)42-18-16-39(17-19-42)28-32-10-12-33(13-11-32)38(2)24-25-43/h8-20,40,43H,21-33H2,1-7H3;3-15,35,37,43H,16-28H2,1-2H3/t40-;35-/m00/s1. The van der Waals surface area contributed by atoms with E-state index in [9.17, 15) is 24.3 Å². The summed E-state index contributed by atoms with van der Waals surface area (Å²) < 4.78 is 6.39. The average Bonchev–Trinajstić information content (AvgIpc) is 0.958. The lowest BCUT2D eigenvalue weighted by Crippen LogP contribution is -2.54. The summed E-state index contributed by atoms with van der Waals surface area (Å²) in [6.07, 6.45) is 1.30. The van der Waals surface area contributed by atoms with E-state index in [0.29, 0.717) is 45.6 Å². The van der Waals surface area contributed by atoms with Crippen LogP contribution in [0, 0.1) is 0 Å². The lowest BCUT2D eigenvalue weighted by Gasteiger charge is -2.37. The SMILES string of the molecule is CC(=O)N1CCN(c2ccc(CN[C@@H](Cc3ccccc3)C(=O)N3CCN(Cc4ccc(N(C)CCO)cc4)CC3)cc2)CC1.CC(=O)N1CCN(c2ccc(CN[C@@H](Cc3ccccc3)C(=O)N3CCN(Cc4ccc(N(C)CCO[Si](C)(C)C(C)(C)C)cc4)CC3)cc2)CC1. The van der Waals surface area contributed by atoms with Crippen molar-refractivity contribution in [2.24, 2.45) is 0 Å². The second-order valence-corrected chi connectivity index (χ2v) is 33.1. The summed E-state index contributed by atoms with van der Waals surface area (Å²) in [5.74, 6) is 0.623. The van der Waals surface area contributed by atoms with E-state index in [1.807, 2.05) is 67.9 Å². The molecule has 0 bridgehead atoms. The number of likely N-dealkylation sites (N-methyl/N-ethyl adjacent to an activating group) is 2. The number of rotatable bonds is 26. The van der Waals surface area contributed by atoms with E-state index in [0.717, 1.165) is 146 Å². The third kappa shape index (κ3) is 21.9. The van der Waals surface area contributed by atoms with Crippen LogP contribution in [-0.4, -0.2) is 224 Å². The zero-order valence-electron chi connectivity index (χ0n) is 59.5. The molecule has 0 unspecified atom stereocenters. The van der Waals surface area contributed by atoms with Crippen LogP contribution in [-0.2, 0) is 62.6 Å². The molecule has 0 radical (unpaired) electrons. The Morgan fingerprint density at radius 1 is 0.454 bits per heavy atom. The molecule has 4 saturated heterocycles. The summed E-state index contributed by atoms with van der Waals surface area (Å²) in [6, 6.07) is 54.6. The van der Waals surface area contributed by atoms with Gasteiger partial charge in [-0.05, 0) is 113 Å². The molecule has 0 aliphatic carbocycles. The van der Waals surface area contributed by atoms with Crippen LogP contribution in [0.15, 0.2) is 158 Å². The summed E-state index contributed by atoms with van der Waals surface area (Å²) >= 11 is 0. The van der Waals surface area contributed by atoms with E-state index in [1.165, 1.54) is 28.2 Å². The van der Waals surface area contributed by atoms with Crippen LogP contribution >= 0.6 is 0 Å². The van der Waals surface area contributed by atoms with E-state index in [-0.39, 0.29) is 47.4 Å². The van der Waals surface area contributed by atoms with Crippen molar-refractivity contribution in [2.75, 3.05) is 165 Å². The van der Waals surface area contributed by atoms with Gasteiger partial charge in [-0.15, -0.1) is 0 Å². The fourth-order valence-electron chi connectivity index (χ4n) is 12.9. The Balaban J connectivity index is 0.000000230. The second kappa shape index (κ2) is 35.8. The highest BCUT2D eigenvalue weighted by Gasteiger charge is 2.37. The van der Waals surface area contributed by atoms with Crippen molar-refractivity contribution >= 4 is 54.7 Å². The maximum atomic E-state index is 14.0. The Bertz CT molecular complexity index is 3360. The van der Waals surface area contributed by atoms with Crippen molar-refractivity contribution in [3.8, 4) is 0 Å². The zero-order valence-corrected chi connectivity index (χ0v) is 60.5. The fraction of sp³-hybridized carbons (Fsp3) is 0.487. The highest BCUT2D eigenvalue weighted by atomic mass is 28.4. The van der Waals surface area contributed by atoms with Crippen LogP contribution in [0.4, 0.5) is 22.7 Å². The molecule has 18 nitrogen and oxygen atoms in total. The third-order valence-electron chi connectivity index (χ3n) is 20.4. The van der Waals surface area contributed by atoms with Gasteiger partial charge < -0.3 is 59.4 Å². The smallest absolute Gasteiger partial charge is 0.240 e. The lowest BCUT2D eigenvalue weighted by atomic mass is 10.0. The van der Waals surface area contributed by atoms with Crippen molar-refractivity contribution in [3.05, 3.63) is 191 Å². The number of aliphatic hydroxyl groups is 1. The van der Waals surface area contributed by atoms with Crippen LogP contribution in [0.1, 0.15) is 68.0 Å². The van der Waals surface area contributed by atoms with Gasteiger partial charge in [0.2, 0.25) is 23.6 Å². The van der Waals surface area contributed by atoms with Gasteiger partial charge in [0, 0.05) is 195 Å². The predicted octanol–water partition coefficient (Wildman–Crippen LogP) is 8.69. The first-order valence-electron chi connectivity index (χ1n) is 35.3. The number of carbonyl (C=O) groups is 4. The number of hydrogen-bond donors (Lipinski definition) is 3. The van der Waals surface area contributed by atoms with Crippen LogP contribution in [0.2, 0.25) is 18.1 Å². The molecule has 4 heterocycles. The molecule has 4 aliphatic rings. The van der Waals surface area contributed by atoms with Crippen molar-refractivity contribution in [2.45, 2.75) is 104 Å². The number of aliphatic hydroxyl groups excluding tert-OH is 1. The molecular weight excluding hydrogens is 1230 g/mol. The summed E-state index contributed by atoms with van der Waals surface area (Å²) in [7, 11) is 2.38. The van der Waals surface area contributed by atoms with Crippen LogP contribution in [0.3, 0.4) is 0 Å². The summed E-state index contributed by atoms with van der Waals surface area (Å²) in [5, 5.41) is 16.6. The first-order valence-corrected chi connectivity index (χ1v) is 38.2. The second-order valence-electron chi connectivity index (χ2n) is 28.3. The van der Waals surface area contributed by atoms with Gasteiger partial charge in [-0.3, -0.25) is 29.0 Å². The monoisotopic (exact) mass is 1340 g/mol. The minimum Gasteiger partial charge on any atom is -0.415 e. The molecule has 4 aliphatic heterocycles. The number of anilines is 4. The minimum atomic E-state index is -1.74. The maximum Gasteiger partial charge on any atom is 0.240 e. The summed E-state index contributed by atoms with van der Waals surface area (Å²) in [6.45, 7) is 32.8. The van der Waals surface area contributed by atoms with Gasteiger partial charge in [0.1, 0.15) is 0 Å². The van der Waals surface area contributed by atoms with Crippen molar-refractivity contribution in [1.82, 2.24) is 40.0 Å². The molecule has 6 aromatic carbocycles. The molecule has 2 atom stereocenters. The van der Waals surface area contributed by atoms with Gasteiger partial charge in [-0.2, -0.15) is 0 Å². The summed E-state index contributed by atoms with van der Waals surface area (Å²) in [5.41, 5.74) is 11.8. The first-order chi connectivity index (χ1) is 46.7. The number of benzene rings is 6. The zero-order chi connectivity index (χ0) is 68.9. The molecule has 3 N–H and O–H groups in total. The fourth-order valence-corrected chi connectivity index (χ4v) is 13.9. The average molecular weight is 1340 g/mol. The van der Waals surface area contributed by atoms with E-state index in [1.54, 1.807) is 13.8 Å². The molecule has 4 fully saturated rings. The normalized spacial score (nSPS) is 16.5. The largest absolute Gasteiger partial charge is 0.415 e. The Morgan fingerprint density at radius 2 is 0.794 bits per heavy atom. The van der Waals surface area contributed by atoms with Crippen molar-refractivity contribution < 1.29 is 28.7 Å². The number of carbonyl (C=O) groups excluding carboxylic acids is 4. The van der Waals surface area contributed by atoms with Gasteiger partial charge in [0.05, 0.1) is 25.3 Å². The number of hydrogen-bond acceptors (Lipinski definition) is 14. The minimum absolute atomic E-state index is 0.138. The predicted molar refractivity (Wildman–Crippen MR) is 397 cm³/mol. The van der Waals surface area contributed by atoms with Gasteiger partial charge in [0.15, 0.2) is 8.32 Å². The number of nitrogens with zero attached hydrogens (tertiary/aromatic N) is 10. The molecule has 0 aromatic heterocycles. The Morgan fingerprint density at radius 3 is 1.13 bits per heavy atom. The number of nitrogens with one attached hydrogen (secondary N) is 2. The van der Waals surface area contributed by atoms with Crippen molar-refractivity contribution in [1.29, 1.82) is 0 Å². The Hall–Kier alpha value is -7.62. The maximum absolute atomic E-state index is 14.0. The summed E-state index contributed by atoms with van der Waals surface area (Å²) in [4.78, 5) is 73.0. The van der Waals surface area contributed by atoms with E-state index in [4.69, 9.17) is 4.43 Å².